The van der Waals surface area contributed by atoms with Crippen molar-refractivity contribution in [3.8, 4) is 5.75 Å². The van der Waals surface area contributed by atoms with Crippen LogP contribution in [-0.4, -0.2) is 11.7 Å². The molecule has 90 valence electrons. The fourth-order valence-corrected chi connectivity index (χ4v) is 2.53. The van der Waals surface area contributed by atoms with Crippen LogP contribution in [-0.2, 0) is 0 Å². The Balaban J connectivity index is 2.28. The van der Waals surface area contributed by atoms with Gasteiger partial charge in [-0.25, -0.2) is 0 Å². The van der Waals surface area contributed by atoms with Crippen LogP contribution in [0.15, 0.2) is 35.7 Å². The molecule has 0 radical (unpaired) electrons. The van der Waals surface area contributed by atoms with Gasteiger partial charge in [0.2, 0.25) is 0 Å². The molecule has 1 aromatic carbocycles. The molecule has 0 amide bonds. The highest BCUT2D eigenvalue weighted by molar-refractivity contribution is 7.10. The Morgan fingerprint density at radius 1 is 1.35 bits per heavy atom. The molecular weight excluding hydrogens is 232 g/mol. The van der Waals surface area contributed by atoms with E-state index < -0.39 is 6.10 Å². The minimum absolute atomic E-state index is 0.568. The number of aliphatic hydroxyl groups excluding tert-OH is 1. The third kappa shape index (κ3) is 2.68. The SMILES string of the molecule is CCOc1cccc(C(O)c2ccsc2C)c1. The quantitative estimate of drug-likeness (QED) is 0.896. The van der Waals surface area contributed by atoms with E-state index in [1.165, 1.54) is 0 Å². The van der Waals surface area contributed by atoms with Gasteiger partial charge >= 0.3 is 0 Å². The first-order valence-electron chi connectivity index (χ1n) is 5.67. The van der Waals surface area contributed by atoms with Crippen LogP contribution in [0.25, 0.3) is 0 Å². The summed E-state index contributed by atoms with van der Waals surface area (Å²) in [7, 11) is 0. The number of benzene rings is 1. The van der Waals surface area contributed by atoms with Crippen molar-refractivity contribution in [2.75, 3.05) is 6.61 Å². The largest absolute Gasteiger partial charge is 0.494 e. The minimum atomic E-state index is -0.568. The summed E-state index contributed by atoms with van der Waals surface area (Å²) in [4.78, 5) is 1.15. The zero-order valence-electron chi connectivity index (χ0n) is 10.0. The van der Waals surface area contributed by atoms with Crippen LogP contribution in [0.2, 0.25) is 0 Å². The van der Waals surface area contributed by atoms with Crippen molar-refractivity contribution in [2.45, 2.75) is 20.0 Å². The molecule has 0 saturated heterocycles. The molecule has 0 aliphatic carbocycles. The van der Waals surface area contributed by atoms with E-state index in [0.29, 0.717) is 6.61 Å². The lowest BCUT2D eigenvalue weighted by molar-refractivity contribution is 0.219. The number of hydrogen-bond donors (Lipinski definition) is 1. The highest BCUT2D eigenvalue weighted by Crippen LogP contribution is 2.29. The molecule has 0 saturated carbocycles. The first-order valence-corrected chi connectivity index (χ1v) is 6.55. The smallest absolute Gasteiger partial charge is 0.119 e. The predicted octanol–water partition coefficient (Wildman–Crippen LogP) is 3.54. The van der Waals surface area contributed by atoms with Crippen LogP contribution in [0.3, 0.4) is 0 Å². The Morgan fingerprint density at radius 2 is 2.18 bits per heavy atom. The molecule has 2 aromatic rings. The number of thiophene rings is 1. The van der Waals surface area contributed by atoms with Gasteiger partial charge in [-0.1, -0.05) is 12.1 Å². The van der Waals surface area contributed by atoms with E-state index in [2.05, 4.69) is 0 Å². The molecule has 1 heterocycles. The summed E-state index contributed by atoms with van der Waals surface area (Å²) in [5.74, 6) is 0.803. The van der Waals surface area contributed by atoms with Gasteiger partial charge in [-0.3, -0.25) is 0 Å². The highest BCUT2D eigenvalue weighted by Gasteiger charge is 2.14. The van der Waals surface area contributed by atoms with Crippen LogP contribution in [0.5, 0.6) is 5.75 Å². The first kappa shape index (κ1) is 12.1. The van der Waals surface area contributed by atoms with Crippen LogP contribution >= 0.6 is 11.3 Å². The molecule has 1 unspecified atom stereocenters. The highest BCUT2D eigenvalue weighted by atomic mass is 32.1. The zero-order valence-corrected chi connectivity index (χ0v) is 10.8. The molecule has 1 atom stereocenters. The van der Waals surface area contributed by atoms with Crippen molar-refractivity contribution < 1.29 is 9.84 Å². The molecule has 2 rings (SSSR count). The van der Waals surface area contributed by atoms with Gasteiger partial charge in [0, 0.05) is 4.88 Å². The van der Waals surface area contributed by atoms with Gasteiger partial charge in [0.25, 0.3) is 0 Å². The first-order chi connectivity index (χ1) is 8.22. The average Bonchev–Trinajstić information content (AvgIpc) is 2.75. The topological polar surface area (TPSA) is 29.5 Å². The molecule has 1 aromatic heterocycles. The molecule has 0 aliphatic heterocycles. The Morgan fingerprint density at radius 3 is 2.82 bits per heavy atom. The standard InChI is InChI=1S/C14H16O2S/c1-3-16-12-6-4-5-11(9-12)14(15)13-7-8-17-10(13)2/h4-9,14-15H,3H2,1-2H3. The third-order valence-electron chi connectivity index (χ3n) is 2.68. The molecule has 0 bridgehead atoms. The Hall–Kier alpha value is -1.32. The molecular formula is C14H16O2S. The summed E-state index contributed by atoms with van der Waals surface area (Å²) in [5, 5.41) is 12.3. The van der Waals surface area contributed by atoms with Crippen LogP contribution in [0.1, 0.15) is 29.0 Å². The maximum Gasteiger partial charge on any atom is 0.119 e. The molecule has 0 spiro atoms. The molecule has 0 fully saturated rings. The number of rotatable bonds is 4. The van der Waals surface area contributed by atoms with Crippen molar-refractivity contribution in [3.63, 3.8) is 0 Å². The Labute approximate surface area is 105 Å². The van der Waals surface area contributed by atoms with Gasteiger partial charge in [0.05, 0.1) is 6.61 Å². The van der Waals surface area contributed by atoms with E-state index in [1.54, 1.807) is 11.3 Å². The third-order valence-corrected chi connectivity index (χ3v) is 3.54. The summed E-state index contributed by atoms with van der Waals surface area (Å²) in [6.07, 6.45) is -0.568. The summed E-state index contributed by atoms with van der Waals surface area (Å²) < 4.78 is 5.44. The van der Waals surface area contributed by atoms with E-state index >= 15 is 0 Å². The van der Waals surface area contributed by atoms with E-state index in [4.69, 9.17) is 4.74 Å². The summed E-state index contributed by atoms with van der Waals surface area (Å²) in [5.41, 5.74) is 1.85. The second-order valence-corrected chi connectivity index (χ2v) is 4.96. The lowest BCUT2D eigenvalue weighted by Gasteiger charge is -2.12. The Bertz CT molecular complexity index is 490. The van der Waals surface area contributed by atoms with Gasteiger partial charge in [-0.05, 0) is 48.6 Å². The molecule has 17 heavy (non-hydrogen) atoms. The zero-order chi connectivity index (χ0) is 12.3. The van der Waals surface area contributed by atoms with E-state index in [9.17, 15) is 5.11 Å². The van der Waals surface area contributed by atoms with Gasteiger partial charge in [-0.15, -0.1) is 11.3 Å². The fraction of sp³-hybridized carbons (Fsp3) is 0.286. The lowest BCUT2D eigenvalue weighted by Crippen LogP contribution is -2.00. The summed E-state index contributed by atoms with van der Waals surface area (Å²) >= 11 is 1.65. The second-order valence-electron chi connectivity index (χ2n) is 3.84. The average molecular weight is 248 g/mol. The van der Waals surface area contributed by atoms with Gasteiger partial charge in [0.15, 0.2) is 0 Å². The van der Waals surface area contributed by atoms with E-state index in [1.807, 2.05) is 49.6 Å². The molecule has 0 aliphatic rings. The van der Waals surface area contributed by atoms with Gasteiger partial charge in [-0.2, -0.15) is 0 Å². The lowest BCUT2D eigenvalue weighted by atomic mass is 10.0. The number of hydrogen-bond acceptors (Lipinski definition) is 3. The van der Waals surface area contributed by atoms with Crippen molar-refractivity contribution in [2.24, 2.45) is 0 Å². The van der Waals surface area contributed by atoms with Crippen LogP contribution in [0, 0.1) is 6.92 Å². The number of aryl methyl sites for hydroxylation is 1. The normalized spacial score (nSPS) is 12.4. The van der Waals surface area contributed by atoms with E-state index in [0.717, 1.165) is 21.8 Å². The maximum atomic E-state index is 10.3. The summed E-state index contributed by atoms with van der Waals surface area (Å²) in [6, 6.07) is 9.60. The van der Waals surface area contributed by atoms with Crippen molar-refractivity contribution in [1.82, 2.24) is 0 Å². The molecule has 1 N–H and O–H groups in total. The number of aliphatic hydroxyl groups is 1. The minimum Gasteiger partial charge on any atom is -0.494 e. The van der Waals surface area contributed by atoms with Gasteiger partial charge < -0.3 is 9.84 Å². The van der Waals surface area contributed by atoms with E-state index in [-0.39, 0.29) is 0 Å². The Kier molecular flexibility index (Phi) is 3.82. The molecule has 2 nitrogen and oxygen atoms in total. The molecule has 3 heteroatoms. The van der Waals surface area contributed by atoms with Gasteiger partial charge in [0.1, 0.15) is 11.9 Å². The maximum absolute atomic E-state index is 10.3. The number of ether oxygens (including phenoxy) is 1. The van der Waals surface area contributed by atoms with Crippen LogP contribution < -0.4 is 4.74 Å². The van der Waals surface area contributed by atoms with Crippen molar-refractivity contribution >= 4 is 11.3 Å². The monoisotopic (exact) mass is 248 g/mol. The van der Waals surface area contributed by atoms with Crippen molar-refractivity contribution in [3.05, 3.63) is 51.7 Å². The van der Waals surface area contributed by atoms with Crippen LogP contribution in [0.4, 0.5) is 0 Å². The second kappa shape index (κ2) is 5.34. The fourth-order valence-electron chi connectivity index (χ4n) is 1.80. The summed E-state index contributed by atoms with van der Waals surface area (Å²) in [6.45, 7) is 4.61. The predicted molar refractivity (Wildman–Crippen MR) is 70.7 cm³/mol. The van der Waals surface area contributed by atoms with Crippen molar-refractivity contribution in [1.29, 1.82) is 0 Å².